The van der Waals surface area contributed by atoms with Crippen LogP contribution in [-0.2, 0) is 6.54 Å². The summed E-state index contributed by atoms with van der Waals surface area (Å²) < 4.78 is 0. The number of rotatable bonds is 3. The Morgan fingerprint density at radius 1 is 1.47 bits per heavy atom. The van der Waals surface area contributed by atoms with Gasteiger partial charge in [-0.25, -0.2) is 0 Å². The van der Waals surface area contributed by atoms with Gasteiger partial charge in [-0.1, -0.05) is 0 Å². The van der Waals surface area contributed by atoms with Gasteiger partial charge in [0.2, 0.25) is 0 Å². The number of thiophene rings is 2. The molecule has 0 spiro atoms. The monoisotopic (exact) mass is 266 g/mol. The number of nitrogens with one attached hydrogen (secondary N) is 1. The Morgan fingerprint density at radius 2 is 2.24 bits per heavy atom. The summed E-state index contributed by atoms with van der Waals surface area (Å²) in [6, 6.07) is 3.79. The number of anilines is 1. The quantitative estimate of drug-likeness (QED) is 0.897. The Balaban J connectivity index is 2.00. The van der Waals surface area contributed by atoms with E-state index in [-0.39, 0.29) is 5.91 Å². The molecule has 0 aliphatic carbocycles. The summed E-state index contributed by atoms with van der Waals surface area (Å²) in [5, 5.41) is 4.94. The minimum atomic E-state index is -0.0531. The van der Waals surface area contributed by atoms with E-state index < -0.39 is 0 Å². The van der Waals surface area contributed by atoms with Crippen molar-refractivity contribution in [3.8, 4) is 0 Å². The summed E-state index contributed by atoms with van der Waals surface area (Å²) >= 11 is 3.09. The summed E-state index contributed by atoms with van der Waals surface area (Å²) in [6.07, 6.45) is 0. The van der Waals surface area contributed by atoms with E-state index in [0.29, 0.717) is 17.1 Å². The van der Waals surface area contributed by atoms with Crippen molar-refractivity contribution in [3.63, 3.8) is 0 Å². The molecule has 0 aliphatic heterocycles. The second kappa shape index (κ2) is 4.89. The Bertz CT molecular complexity index is 523. The molecule has 17 heavy (non-hydrogen) atoms. The van der Waals surface area contributed by atoms with Crippen molar-refractivity contribution in [2.75, 3.05) is 5.73 Å². The first kappa shape index (κ1) is 12.1. The zero-order chi connectivity index (χ0) is 12.4. The number of carbonyl (C=O) groups excluding carboxylic acids is 1. The summed E-state index contributed by atoms with van der Waals surface area (Å²) in [6.45, 7) is 4.55. The lowest BCUT2D eigenvalue weighted by Crippen LogP contribution is -2.21. The standard InChI is InChI=1S/C12H14N2OS2/c1-7-3-4-16-11(7)6-14-12(15)10-5-9(13)8(2)17-10/h3-5H,6,13H2,1-2H3,(H,14,15). The first-order valence-electron chi connectivity index (χ1n) is 5.25. The number of carbonyl (C=O) groups is 1. The zero-order valence-corrected chi connectivity index (χ0v) is 11.4. The number of nitrogens with two attached hydrogens (primary N) is 1. The molecule has 3 N–H and O–H groups in total. The van der Waals surface area contributed by atoms with Crippen molar-refractivity contribution in [3.05, 3.63) is 37.7 Å². The number of hydrogen-bond donors (Lipinski definition) is 2. The minimum Gasteiger partial charge on any atom is -0.398 e. The molecule has 0 unspecified atom stereocenters. The lowest BCUT2D eigenvalue weighted by atomic mass is 10.3. The Labute approximate surface area is 108 Å². The molecular weight excluding hydrogens is 252 g/mol. The summed E-state index contributed by atoms with van der Waals surface area (Å²) in [7, 11) is 0. The van der Waals surface area contributed by atoms with Crippen molar-refractivity contribution in [1.29, 1.82) is 0 Å². The third kappa shape index (κ3) is 2.68. The molecule has 0 aromatic carbocycles. The minimum absolute atomic E-state index is 0.0531. The molecule has 2 rings (SSSR count). The molecule has 0 aliphatic rings. The lowest BCUT2D eigenvalue weighted by Gasteiger charge is -2.02. The van der Waals surface area contributed by atoms with Gasteiger partial charge in [-0.3, -0.25) is 4.79 Å². The average Bonchev–Trinajstić information content (AvgIpc) is 2.83. The highest BCUT2D eigenvalue weighted by molar-refractivity contribution is 7.14. The van der Waals surface area contributed by atoms with Crippen LogP contribution in [0.4, 0.5) is 5.69 Å². The van der Waals surface area contributed by atoms with Crippen LogP contribution in [0, 0.1) is 13.8 Å². The maximum absolute atomic E-state index is 11.9. The predicted octanol–water partition coefficient (Wildman–Crippen LogP) is 2.94. The molecule has 2 aromatic heterocycles. The van der Waals surface area contributed by atoms with Crippen LogP contribution in [0.3, 0.4) is 0 Å². The molecule has 5 heteroatoms. The molecule has 0 fully saturated rings. The van der Waals surface area contributed by atoms with Gasteiger partial charge in [-0.05, 0) is 36.9 Å². The smallest absolute Gasteiger partial charge is 0.261 e. The molecule has 0 bridgehead atoms. The van der Waals surface area contributed by atoms with Crippen LogP contribution >= 0.6 is 22.7 Å². The average molecular weight is 266 g/mol. The van der Waals surface area contributed by atoms with E-state index in [0.717, 1.165) is 4.88 Å². The van der Waals surface area contributed by atoms with Crippen LogP contribution in [0.15, 0.2) is 17.5 Å². The SMILES string of the molecule is Cc1ccsc1CNC(=O)c1cc(N)c(C)s1. The van der Waals surface area contributed by atoms with Crippen LogP contribution in [0.25, 0.3) is 0 Å². The van der Waals surface area contributed by atoms with Gasteiger partial charge in [-0.2, -0.15) is 0 Å². The summed E-state index contributed by atoms with van der Waals surface area (Å²) in [4.78, 5) is 14.7. The van der Waals surface area contributed by atoms with Crippen molar-refractivity contribution in [1.82, 2.24) is 5.32 Å². The molecule has 0 saturated heterocycles. The van der Waals surface area contributed by atoms with Crippen molar-refractivity contribution in [2.24, 2.45) is 0 Å². The molecule has 0 radical (unpaired) electrons. The maximum atomic E-state index is 11.9. The van der Waals surface area contributed by atoms with E-state index in [1.807, 2.05) is 19.2 Å². The molecule has 0 atom stereocenters. The first-order chi connectivity index (χ1) is 8.08. The largest absolute Gasteiger partial charge is 0.398 e. The van der Waals surface area contributed by atoms with Crippen LogP contribution in [-0.4, -0.2) is 5.91 Å². The van der Waals surface area contributed by atoms with E-state index in [4.69, 9.17) is 5.73 Å². The molecule has 90 valence electrons. The van der Waals surface area contributed by atoms with Gasteiger partial charge < -0.3 is 11.1 Å². The van der Waals surface area contributed by atoms with E-state index in [1.165, 1.54) is 21.8 Å². The van der Waals surface area contributed by atoms with Gasteiger partial charge in [0.1, 0.15) is 0 Å². The summed E-state index contributed by atoms with van der Waals surface area (Å²) in [5.74, 6) is -0.0531. The number of amides is 1. The van der Waals surface area contributed by atoms with Gasteiger partial charge in [0, 0.05) is 15.4 Å². The van der Waals surface area contributed by atoms with Crippen molar-refractivity contribution in [2.45, 2.75) is 20.4 Å². The van der Waals surface area contributed by atoms with Crippen LogP contribution < -0.4 is 11.1 Å². The first-order valence-corrected chi connectivity index (χ1v) is 6.94. The van der Waals surface area contributed by atoms with E-state index >= 15 is 0 Å². The highest BCUT2D eigenvalue weighted by Crippen LogP contribution is 2.23. The number of aryl methyl sites for hydroxylation is 2. The lowest BCUT2D eigenvalue weighted by molar-refractivity contribution is 0.0955. The fourth-order valence-electron chi connectivity index (χ4n) is 1.44. The van der Waals surface area contributed by atoms with Crippen LogP contribution in [0.2, 0.25) is 0 Å². The Hall–Kier alpha value is -1.33. The van der Waals surface area contributed by atoms with Gasteiger partial charge in [0.05, 0.1) is 11.4 Å². The fraction of sp³-hybridized carbons (Fsp3) is 0.250. The normalized spacial score (nSPS) is 10.5. The van der Waals surface area contributed by atoms with E-state index in [2.05, 4.69) is 11.4 Å². The van der Waals surface area contributed by atoms with Crippen LogP contribution in [0.5, 0.6) is 0 Å². The molecular formula is C12H14N2OS2. The number of hydrogen-bond acceptors (Lipinski definition) is 4. The molecule has 1 amide bonds. The highest BCUT2D eigenvalue weighted by Gasteiger charge is 2.11. The predicted molar refractivity (Wildman–Crippen MR) is 73.7 cm³/mol. The third-order valence-electron chi connectivity index (χ3n) is 2.56. The molecule has 2 heterocycles. The Kier molecular flexibility index (Phi) is 3.49. The fourth-order valence-corrected chi connectivity index (χ4v) is 3.14. The van der Waals surface area contributed by atoms with E-state index in [9.17, 15) is 4.79 Å². The molecule has 2 aromatic rings. The number of nitrogen functional groups attached to an aromatic ring is 1. The molecule has 3 nitrogen and oxygen atoms in total. The van der Waals surface area contributed by atoms with Gasteiger partial charge in [-0.15, -0.1) is 22.7 Å². The zero-order valence-electron chi connectivity index (χ0n) is 9.74. The van der Waals surface area contributed by atoms with Gasteiger partial charge in [0.25, 0.3) is 5.91 Å². The topological polar surface area (TPSA) is 55.1 Å². The van der Waals surface area contributed by atoms with E-state index in [1.54, 1.807) is 17.4 Å². The maximum Gasteiger partial charge on any atom is 0.261 e. The van der Waals surface area contributed by atoms with Gasteiger partial charge >= 0.3 is 0 Å². The second-order valence-corrected chi connectivity index (χ2v) is 6.09. The highest BCUT2D eigenvalue weighted by atomic mass is 32.1. The molecule has 0 saturated carbocycles. The van der Waals surface area contributed by atoms with Crippen LogP contribution in [0.1, 0.15) is 25.0 Å². The Morgan fingerprint density at radius 3 is 2.76 bits per heavy atom. The van der Waals surface area contributed by atoms with Gasteiger partial charge in [0.15, 0.2) is 0 Å². The van der Waals surface area contributed by atoms with Crippen molar-refractivity contribution >= 4 is 34.3 Å². The van der Waals surface area contributed by atoms with Crippen molar-refractivity contribution < 1.29 is 4.79 Å². The third-order valence-corrected chi connectivity index (χ3v) is 4.65. The summed E-state index contributed by atoms with van der Waals surface area (Å²) in [5.41, 5.74) is 7.63. The second-order valence-electron chi connectivity index (χ2n) is 3.83.